The van der Waals surface area contributed by atoms with E-state index in [-0.39, 0.29) is 23.5 Å². The molecule has 0 aromatic carbocycles. The van der Waals surface area contributed by atoms with Crippen LogP contribution in [-0.4, -0.2) is 58.7 Å². The second-order valence-corrected chi connectivity index (χ2v) is 9.10. The molecule has 0 aromatic heterocycles. The highest BCUT2D eigenvalue weighted by atomic mass is 32.1. The number of hydrogen-bond donors (Lipinski definition) is 6. The van der Waals surface area contributed by atoms with Crippen LogP contribution in [0.1, 0.15) is 54.4 Å². The van der Waals surface area contributed by atoms with Crippen molar-refractivity contribution < 1.29 is 24.3 Å². The average Bonchev–Trinajstić information content (AvgIpc) is 2.62. The summed E-state index contributed by atoms with van der Waals surface area (Å²) >= 11 is 4.00. The second-order valence-electron chi connectivity index (χ2n) is 8.74. The van der Waals surface area contributed by atoms with Crippen molar-refractivity contribution in [3.8, 4) is 0 Å². The van der Waals surface area contributed by atoms with Crippen LogP contribution in [0, 0.1) is 17.8 Å². The number of nitrogens with one attached hydrogen (secondary N) is 3. The van der Waals surface area contributed by atoms with Crippen molar-refractivity contribution in [2.45, 2.75) is 78.6 Å². The van der Waals surface area contributed by atoms with Gasteiger partial charge in [0.1, 0.15) is 18.1 Å². The summed E-state index contributed by atoms with van der Waals surface area (Å²) in [6.45, 7) is 11.0. The van der Waals surface area contributed by atoms with Crippen molar-refractivity contribution >= 4 is 36.3 Å². The Morgan fingerprint density at radius 1 is 0.800 bits per heavy atom. The molecule has 0 radical (unpaired) electrons. The van der Waals surface area contributed by atoms with Crippen molar-refractivity contribution in [3.05, 3.63) is 0 Å². The molecule has 4 unspecified atom stereocenters. The van der Waals surface area contributed by atoms with Crippen LogP contribution < -0.4 is 21.7 Å². The van der Waals surface area contributed by atoms with Crippen molar-refractivity contribution in [2.24, 2.45) is 23.5 Å². The highest BCUT2D eigenvalue weighted by Crippen LogP contribution is 2.10. The number of amides is 3. The highest BCUT2D eigenvalue weighted by molar-refractivity contribution is 7.80. The molecule has 0 aliphatic rings. The van der Waals surface area contributed by atoms with E-state index in [1.165, 1.54) is 0 Å². The summed E-state index contributed by atoms with van der Waals surface area (Å²) < 4.78 is 0. The number of carboxylic acid groups (broad SMARTS) is 1. The number of carbonyl (C=O) groups is 4. The van der Waals surface area contributed by atoms with Gasteiger partial charge in [0.15, 0.2) is 0 Å². The molecular formula is C20H38N4O5S. The predicted molar refractivity (Wildman–Crippen MR) is 119 cm³/mol. The summed E-state index contributed by atoms with van der Waals surface area (Å²) in [4.78, 5) is 49.2. The summed E-state index contributed by atoms with van der Waals surface area (Å²) in [5.41, 5.74) is 5.68. The molecule has 0 saturated heterocycles. The maximum Gasteiger partial charge on any atom is 0.326 e. The predicted octanol–water partition coefficient (Wildman–Crippen LogP) is 0.531. The summed E-state index contributed by atoms with van der Waals surface area (Å²) in [5, 5.41) is 17.1. The van der Waals surface area contributed by atoms with Crippen LogP contribution in [0.3, 0.4) is 0 Å². The molecule has 10 heteroatoms. The SMILES string of the molecule is CC(C)CC(NC(=O)C(N)CS)C(=O)NC(CC(C)C)C(=O)NC(C(=O)O)C(C)C. The Bertz CT molecular complexity index is 598. The van der Waals surface area contributed by atoms with E-state index in [1.807, 2.05) is 27.7 Å². The molecule has 9 nitrogen and oxygen atoms in total. The van der Waals surface area contributed by atoms with Gasteiger partial charge < -0.3 is 26.8 Å². The fraction of sp³-hybridized carbons (Fsp3) is 0.800. The largest absolute Gasteiger partial charge is 0.480 e. The molecule has 0 heterocycles. The zero-order valence-corrected chi connectivity index (χ0v) is 19.7. The lowest BCUT2D eigenvalue weighted by atomic mass is 9.98. The lowest BCUT2D eigenvalue weighted by molar-refractivity contribution is -0.143. The monoisotopic (exact) mass is 446 g/mol. The first kappa shape index (κ1) is 28.2. The third-order valence-electron chi connectivity index (χ3n) is 4.44. The van der Waals surface area contributed by atoms with Crippen molar-refractivity contribution in [2.75, 3.05) is 5.75 Å². The number of carbonyl (C=O) groups excluding carboxylic acids is 3. The Morgan fingerprint density at radius 2 is 1.20 bits per heavy atom. The van der Waals surface area contributed by atoms with Gasteiger partial charge in [-0.3, -0.25) is 14.4 Å². The van der Waals surface area contributed by atoms with Crippen LogP contribution >= 0.6 is 12.6 Å². The zero-order chi connectivity index (χ0) is 23.6. The smallest absolute Gasteiger partial charge is 0.326 e. The van der Waals surface area contributed by atoms with Gasteiger partial charge in [0, 0.05) is 5.75 Å². The van der Waals surface area contributed by atoms with Gasteiger partial charge >= 0.3 is 5.97 Å². The van der Waals surface area contributed by atoms with Crippen LogP contribution in [0.5, 0.6) is 0 Å². The molecule has 174 valence electrons. The van der Waals surface area contributed by atoms with Crippen LogP contribution in [0.15, 0.2) is 0 Å². The van der Waals surface area contributed by atoms with Gasteiger partial charge in [-0.25, -0.2) is 4.79 Å². The minimum Gasteiger partial charge on any atom is -0.480 e. The van der Waals surface area contributed by atoms with Crippen LogP contribution in [0.25, 0.3) is 0 Å². The normalized spacial score (nSPS) is 15.4. The minimum atomic E-state index is -1.14. The van der Waals surface area contributed by atoms with E-state index in [0.29, 0.717) is 12.8 Å². The van der Waals surface area contributed by atoms with Crippen molar-refractivity contribution in [1.82, 2.24) is 16.0 Å². The molecule has 0 aliphatic carbocycles. The van der Waals surface area contributed by atoms with Gasteiger partial charge in [-0.05, 0) is 30.6 Å². The summed E-state index contributed by atoms with van der Waals surface area (Å²) in [6.07, 6.45) is 0.678. The molecule has 4 atom stereocenters. The Kier molecular flexibility index (Phi) is 12.7. The first-order valence-corrected chi connectivity index (χ1v) is 10.9. The van der Waals surface area contributed by atoms with Crippen LogP contribution in [0.2, 0.25) is 0 Å². The number of rotatable bonds is 13. The van der Waals surface area contributed by atoms with E-state index in [4.69, 9.17) is 5.73 Å². The third-order valence-corrected chi connectivity index (χ3v) is 4.84. The molecule has 0 fully saturated rings. The second kappa shape index (κ2) is 13.5. The van der Waals surface area contributed by atoms with Crippen molar-refractivity contribution in [3.63, 3.8) is 0 Å². The lowest BCUT2D eigenvalue weighted by Crippen LogP contribution is -2.58. The quantitative estimate of drug-likeness (QED) is 0.227. The van der Waals surface area contributed by atoms with Gasteiger partial charge in [0.25, 0.3) is 0 Å². The minimum absolute atomic E-state index is 0.0686. The molecule has 0 bridgehead atoms. The zero-order valence-electron chi connectivity index (χ0n) is 18.8. The van der Waals surface area contributed by atoms with E-state index < -0.39 is 47.9 Å². The Balaban J connectivity index is 5.46. The fourth-order valence-corrected chi connectivity index (χ4v) is 2.97. The van der Waals surface area contributed by atoms with Crippen LogP contribution in [0.4, 0.5) is 0 Å². The first-order valence-electron chi connectivity index (χ1n) is 10.3. The van der Waals surface area contributed by atoms with Gasteiger partial charge in [0.2, 0.25) is 17.7 Å². The average molecular weight is 447 g/mol. The molecule has 6 N–H and O–H groups in total. The molecular weight excluding hydrogens is 408 g/mol. The van der Waals surface area contributed by atoms with Gasteiger partial charge in [-0.1, -0.05) is 41.5 Å². The Labute approximate surface area is 184 Å². The maximum absolute atomic E-state index is 12.9. The number of aliphatic carboxylic acids is 1. The van der Waals surface area contributed by atoms with E-state index in [0.717, 1.165) is 0 Å². The van der Waals surface area contributed by atoms with Gasteiger partial charge in [-0.15, -0.1) is 0 Å². The number of nitrogens with two attached hydrogens (primary N) is 1. The molecule has 0 aromatic rings. The topological polar surface area (TPSA) is 151 Å². The van der Waals surface area contributed by atoms with Gasteiger partial charge in [0.05, 0.1) is 6.04 Å². The van der Waals surface area contributed by atoms with Crippen LogP contribution in [-0.2, 0) is 19.2 Å². The molecule has 0 spiro atoms. The van der Waals surface area contributed by atoms with Crippen molar-refractivity contribution in [1.29, 1.82) is 0 Å². The van der Waals surface area contributed by atoms with E-state index >= 15 is 0 Å². The Morgan fingerprint density at radius 3 is 1.53 bits per heavy atom. The standard InChI is InChI=1S/C20H38N4O5S/c1-10(2)7-14(22-17(25)13(21)9-30)18(26)23-15(8-11(3)4)19(27)24-16(12(5)6)20(28)29/h10-16,30H,7-9,21H2,1-6H3,(H,22,25)(H,23,26)(H,24,27)(H,28,29). The van der Waals surface area contributed by atoms with E-state index in [2.05, 4.69) is 28.6 Å². The summed E-state index contributed by atoms with van der Waals surface area (Å²) in [7, 11) is 0. The molecule has 30 heavy (non-hydrogen) atoms. The number of hydrogen-bond acceptors (Lipinski definition) is 6. The molecule has 0 rings (SSSR count). The fourth-order valence-electron chi connectivity index (χ4n) is 2.81. The highest BCUT2D eigenvalue weighted by Gasteiger charge is 2.31. The molecule has 3 amide bonds. The van der Waals surface area contributed by atoms with Gasteiger partial charge in [-0.2, -0.15) is 12.6 Å². The summed E-state index contributed by atoms with van der Waals surface area (Å²) in [5.74, 6) is -2.74. The molecule has 0 aliphatic heterocycles. The number of thiol groups is 1. The summed E-state index contributed by atoms with van der Waals surface area (Å²) in [6, 6.07) is -3.72. The Hall–Kier alpha value is -1.81. The van der Waals surface area contributed by atoms with E-state index in [1.54, 1.807) is 13.8 Å². The first-order chi connectivity index (χ1) is 13.8. The lowest BCUT2D eigenvalue weighted by Gasteiger charge is -2.27. The third kappa shape index (κ3) is 10.3. The number of carboxylic acids is 1. The maximum atomic E-state index is 12.9. The molecule has 0 saturated carbocycles. The van der Waals surface area contributed by atoms with E-state index in [9.17, 15) is 24.3 Å².